The van der Waals surface area contributed by atoms with E-state index in [-0.39, 0.29) is 11.5 Å². The van der Waals surface area contributed by atoms with Crippen LogP contribution in [0.4, 0.5) is 0 Å². The molecule has 1 amide bonds. The Balaban J connectivity index is 1.24. The van der Waals surface area contributed by atoms with Gasteiger partial charge in [-0.1, -0.05) is 28.9 Å². The molecule has 0 radical (unpaired) electrons. The fourth-order valence-corrected chi connectivity index (χ4v) is 4.98. The second kappa shape index (κ2) is 8.50. The number of aryl methyl sites for hydroxylation is 2. The van der Waals surface area contributed by atoms with Crippen LogP contribution in [0, 0.1) is 19.8 Å². The van der Waals surface area contributed by atoms with Crippen molar-refractivity contribution in [1.82, 2.24) is 20.0 Å². The van der Waals surface area contributed by atoms with Gasteiger partial charge in [-0.15, -0.1) is 0 Å². The van der Waals surface area contributed by atoms with Crippen LogP contribution in [0.1, 0.15) is 53.5 Å². The first-order valence-electron chi connectivity index (χ1n) is 11.2. The molecule has 168 valence electrons. The molecule has 1 aromatic carbocycles. The van der Waals surface area contributed by atoms with E-state index in [2.05, 4.69) is 15.1 Å². The number of piperidine rings is 1. The number of benzene rings is 1. The van der Waals surface area contributed by atoms with E-state index < -0.39 is 0 Å². The Morgan fingerprint density at radius 3 is 2.84 bits per heavy atom. The van der Waals surface area contributed by atoms with Gasteiger partial charge in [0.15, 0.2) is 23.7 Å². The summed E-state index contributed by atoms with van der Waals surface area (Å²) in [4.78, 5) is 23.7. The van der Waals surface area contributed by atoms with E-state index in [9.17, 15) is 4.79 Å². The van der Waals surface area contributed by atoms with Crippen molar-refractivity contribution in [3.8, 4) is 11.3 Å². The summed E-state index contributed by atoms with van der Waals surface area (Å²) in [6.07, 6.45) is 5.71. The van der Waals surface area contributed by atoms with Crippen molar-refractivity contribution in [2.45, 2.75) is 51.6 Å². The molecular formula is C24H28N4O4. The summed E-state index contributed by atoms with van der Waals surface area (Å²) in [7, 11) is 0. The number of hydrogen-bond acceptors (Lipinski definition) is 7. The number of carbonyl (C=O) groups excluding carboxylic acids is 1. The molecule has 8 heteroatoms. The first-order valence-corrected chi connectivity index (χ1v) is 11.2. The van der Waals surface area contributed by atoms with Gasteiger partial charge in [0.2, 0.25) is 5.89 Å². The van der Waals surface area contributed by atoms with Crippen molar-refractivity contribution in [2.24, 2.45) is 5.92 Å². The molecule has 1 spiro atoms. The van der Waals surface area contributed by atoms with Gasteiger partial charge in [-0.3, -0.25) is 4.79 Å². The molecule has 3 aromatic rings. The second-order valence-electron chi connectivity index (χ2n) is 9.02. The Bertz CT molecular complexity index is 1100. The van der Waals surface area contributed by atoms with Crippen LogP contribution in [0.5, 0.6) is 0 Å². The van der Waals surface area contributed by atoms with E-state index in [4.69, 9.17) is 13.7 Å². The number of ether oxygens (including phenoxy) is 1. The third-order valence-electron chi connectivity index (χ3n) is 6.64. The summed E-state index contributed by atoms with van der Waals surface area (Å²) in [6, 6.07) is 7.92. The van der Waals surface area contributed by atoms with E-state index in [0.717, 1.165) is 49.8 Å². The lowest BCUT2D eigenvalue weighted by Crippen LogP contribution is -2.51. The van der Waals surface area contributed by atoms with Crippen LogP contribution in [0.15, 0.2) is 39.6 Å². The van der Waals surface area contributed by atoms with Crippen LogP contribution < -0.4 is 0 Å². The van der Waals surface area contributed by atoms with Gasteiger partial charge in [-0.2, -0.15) is 4.98 Å². The number of likely N-dealkylation sites (tertiary alicyclic amines) is 1. The average Bonchev–Trinajstić information content (AvgIpc) is 3.43. The van der Waals surface area contributed by atoms with Crippen LogP contribution in [-0.4, -0.2) is 51.2 Å². The largest absolute Gasteiger partial charge is 0.443 e. The zero-order chi connectivity index (χ0) is 22.1. The highest BCUT2D eigenvalue weighted by atomic mass is 16.5. The van der Waals surface area contributed by atoms with Crippen LogP contribution in [-0.2, 0) is 11.2 Å². The average molecular weight is 437 g/mol. The number of nitrogens with zero attached hydrogens (tertiary/aromatic N) is 4. The van der Waals surface area contributed by atoms with E-state index >= 15 is 0 Å². The highest BCUT2D eigenvalue weighted by Crippen LogP contribution is 2.39. The maximum absolute atomic E-state index is 13.3. The third kappa shape index (κ3) is 4.19. The molecule has 4 heterocycles. The molecule has 2 aromatic heterocycles. The normalized spacial score (nSPS) is 20.6. The summed E-state index contributed by atoms with van der Waals surface area (Å²) >= 11 is 0. The van der Waals surface area contributed by atoms with Crippen molar-refractivity contribution >= 4 is 5.91 Å². The van der Waals surface area contributed by atoms with E-state index in [1.54, 1.807) is 0 Å². The smallest absolute Gasteiger partial charge is 0.276 e. The Morgan fingerprint density at radius 1 is 1.25 bits per heavy atom. The summed E-state index contributed by atoms with van der Waals surface area (Å²) in [5.41, 5.74) is 2.17. The molecule has 2 fully saturated rings. The standard InChI is InChI=1S/C24H28N4O4/c1-16-4-3-5-19(12-16)22-21(25-15-30-22)23(29)28-9-7-24(8-10-28)14-18(6-11-31-24)13-20-26-17(2)27-32-20/h3-5,12,15,18H,6-11,13-14H2,1-2H3. The fraction of sp³-hybridized carbons (Fsp3) is 0.500. The lowest BCUT2D eigenvalue weighted by molar-refractivity contribution is -0.124. The minimum absolute atomic E-state index is 0.0844. The number of rotatable bonds is 4. The Morgan fingerprint density at radius 2 is 2.09 bits per heavy atom. The van der Waals surface area contributed by atoms with Crippen molar-refractivity contribution in [1.29, 1.82) is 0 Å². The van der Waals surface area contributed by atoms with E-state index in [0.29, 0.717) is 42.2 Å². The predicted molar refractivity (Wildman–Crippen MR) is 116 cm³/mol. The quantitative estimate of drug-likeness (QED) is 0.610. The Kier molecular flexibility index (Phi) is 5.55. The molecular weight excluding hydrogens is 408 g/mol. The zero-order valence-corrected chi connectivity index (χ0v) is 18.5. The minimum Gasteiger partial charge on any atom is -0.443 e. The highest BCUT2D eigenvalue weighted by molar-refractivity contribution is 5.97. The summed E-state index contributed by atoms with van der Waals surface area (Å²) in [5.74, 6) is 2.27. The van der Waals surface area contributed by atoms with Gasteiger partial charge >= 0.3 is 0 Å². The van der Waals surface area contributed by atoms with Crippen molar-refractivity contribution < 1.29 is 18.5 Å². The molecule has 0 aliphatic carbocycles. The molecule has 2 aliphatic rings. The van der Waals surface area contributed by atoms with Gasteiger partial charge in [0, 0.05) is 31.7 Å². The van der Waals surface area contributed by atoms with Crippen LogP contribution in [0.2, 0.25) is 0 Å². The number of carbonyl (C=O) groups is 1. The predicted octanol–water partition coefficient (Wildman–Crippen LogP) is 3.99. The molecule has 0 bridgehead atoms. The number of amides is 1. The molecule has 1 unspecified atom stereocenters. The maximum Gasteiger partial charge on any atom is 0.276 e. The maximum atomic E-state index is 13.3. The van der Waals surface area contributed by atoms with Crippen LogP contribution >= 0.6 is 0 Å². The fourth-order valence-electron chi connectivity index (χ4n) is 4.98. The summed E-state index contributed by atoms with van der Waals surface area (Å²) < 4.78 is 17.2. The Labute approximate surface area is 187 Å². The van der Waals surface area contributed by atoms with Gasteiger partial charge in [-0.25, -0.2) is 4.98 Å². The monoisotopic (exact) mass is 436 g/mol. The topological polar surface area (TPSA) is 94.5 Å². The number of aromatic nitrogens is 3. The van der Waals surface area contributed by atoms with Gasteiger partial charge in [0.05, 0.1) is 5.60 Å². The first-order chi connectivity index (χ1) is 15.5. The highest BCUT2D eigenvalue weighted by Gasteiger charge is 2.42. The molecule has 1 atom stereocenters. The molecule has 8 nitrogen and oxygen atoms in total. The number of hydrogen-bond donors (Lipinski definition) is 0. The SMILES string of the molecule is Cc1cccc(-c2ocnc2C(=O)N2CCC3(CC2)CC(Cc2nc(C)no2)CCO3)c1. The van der Waals surface area contributed by atoms with Crippen molar-refractivity contribution in [3.63, 3.8) is 0 Å². The molecule has 0 saturated carbocycles. The summed E-state index contributed by atoms with van der Waals surface area (Å²) in [5, 5.41) is 3.90. The lowest BCUT2D eigenvalue weighted by atomic mass is 9.78. The van der Waals surface area contributed by atoms with Crippen LogP contribution in [0.25, 0.3) is 11.3 Å². The van der Waals surface area contributed by atoms with E-state index in [1.165, 1.54) is 6.39 Å². The van der Waals surface area contributed by atoms with Gasteiger partial charge in [-0.05, 0) is 51.5 Å². The summed E-state index contributed by atoms with van der Waals surface area (Å²) in [6.45, 7) is 5.87. The van der Waals surface area contributed by atoms with Crippen molar-refractivity contribution in [3.05, 3.63) is 53.6 Å². The third-order valence-corrected chi connectivity index (χ3v) is 6.64. The van der Waals surface area contributed by atoms with Gasteiger partial charge < -0.3 is 18.6 Å². The van der Waals surface area contributed by atoms with E-state index in [1.807, 2.05) is 43.0 Å². The molecule has 2 saturated heterocycles. The second-order valence-corrected chi connectivity index (χ2v) is 9.02. The van der Waals surface area contributed by atoms with Crippen LogP contribution in [0.3, 0.4) is 0 Å². The van der Waals surface area contributed by atoms with Crippen molar-refractivity contribution in [2.75, 3.05) is 19.7 Å². The lowest BCUT2D eigenvalue weighted by Gasteiger charge is -2.46. The minimum atomic E-state index is -0.183. The molecule has 5 rings (SSSR count). The first kappa shape index (κ1) is 20.9. The molecule has 2 aliphatic heterocycles. The van der Waals surface area contributed by atoms with Gasteiger partial charge in [0.1, 0.15) is 0 Å². The van der Waals surface area contributed by atoms with Gasteiger partial charge in [0.25, 0.3) is 5.91 Å². The zero-order valence-electron chi connectivity index (χ0n) is 18.5. The Hall–Kier alpha value is -3.00. The molecule has 32 heavy (non-hydrogen) atoms. The number of oxazole rings is 1. The molecule has 0 N–H and O–H groups in total.